The molecule has 0 amide bonds. The number of hydrogen-bond acceptors (Lipinski definition) is 4. The lowest BCUT2D eigenvalue weighted by Crippen LogP contribution is -2.06. The predicted molar refractivity (Wildman–Crippen MR) is 65.4 cm³/mol. The molecule has 0 unspecified atom stereocenters. The van der Waals surface area contributed by atoms with Gasteiger partial charge < -0.3 is 0 Å². The molecule has 0 aromatic carbocycles. The molecule has 0 bridgehead atoms. The lowest BCUT2D eigenvalue weighted by Gasteiger charge is -2.04. The fourth-order valence-corrected chi connectivity index (χ4v) is 1.89. The second-order valence-electron chi connectivity index (χ2n) is 3.33. The molecule has 0 aliphatic rings. The summed E-state index contributed by atoms with van der Waals surface area (Å²) in [6.45, 7) is 1.92. The van der Waals surface area contributed by atoms with Crippen molar-refractivity contribution in [3.8, 4) is 5.82 Å². The Bertz CT molecular complexity index is 655. The normalized spacial score (nSPS) is 11.1. The van der Waals surface area contributed by atoms with Crippen LogP contribution >= 0.6 is 22.6 Å². The Labute approximate surface area is 104 Å². The van der Waals surface area contributed by atoms with E-state index in [4.69, 9.17) is 0 Å². The number of aromatic nitrogens is 6. The second kappa shape index (κ2) is 3.51. The van der Waals surface area contributed by atoms with Crippen LogP contribution in [0.2, 0.25) is 0 Å². The first-order valence-corrected chi connectivity index (χ1v) is 5.70. The first kappa shape index (κ1) is 9.70. The van der Waals surface area contributed by atoms with Crippen LogP contribution in [-0.4, -0.2) is 29.4 Å². The molecule has 7 heteroatoms. The Morgan fingerprint density at radius 3 is 2.94 bits per heavy atom. The van der Waals surface area contributed by atoms with Gasteiger partial charge in [-0.2, -0.15) is 19.7 Å². The van der Waals surface area contributed by atoms with Crippen LogP contribution in [0.3, 0.4) is 0 Å². The van der Waals surface area contributed by atoms with E-state index in [2.05, 4.69) is 42.8 Å². The minimum atomic E-state index is 0.584. The smallest absolute Gasteiger partial charge is 0.221 e. The average Bonchev–Trinajstić information content (AvgIpc) is 2.84. The molecule has 0 saturated carbocycles. The number of halogens is 1. The maximum Gasteiger partial charge on any atom is 0.254 e. The Morgan fingerprint density at radius 2 is 2.19 bits per heavy atom. The van der Waals surface area contributed by atoms with Gasteiger partial charge in [0.2, 0.25) is 0 Å². The van der Waals surface area contributed by atoms with Crippen LogP contribution in [0.5, 0.6) is 0 Å². The topological polar surface area (TPSA) is 60.9 Å². The molecule has 0 spiro atoms. The number of nitrogens with zero attached hydrogens (tertiary/aromatic N) is 6. The van der Waals surface area contributed by atoms with Gasteiger partial charge in [-0.1, -0.05) is 0 Å². The van der Waals surface area contributed by atoms with Gasteiger partial charge in [-0.15, -0.1) is 0 Å². The van der Waals surface area contributed by atoms with E-state index in [9.17, 15) is 0 Å². The van der Waals surface area contributed by atoms with Crippen molar-refractivity contribution in [1.82, 2.24) is 29.4 Å². The molecule has 0 N–H and O–H groups in total. The van der Waals surface area contributed by atoms with Crippen molar-refractivity contribution in [3.63, 3.8) is 0 Å². The molecule has 0 atom stereocenters. The highest BCUT2D eigenvalue weighted by Crippen LogP contribution is 2.11. The molecular weight excluding hydrogens is 319 g/mol. The lowest BCUT2D eigenvalue weighted by atomic mass is 10.4. The zero-order valence-corrected chi connectivity index (χ0v) is 10.5. The molecule has 3 rings (SSSR count). The zero-order chi connectivity index (χ0) is 11.1. The van der Waals surface area contributed by atoms with Gasteiger partial charge in [-0.3, -0.25) is 0 Å². The third-order valence-electron chi connectivity index (χ3n) is 2.15. The quantitative estimate of drug-likeness (QED) is 0.631. The number of rotatable bonds is 1. The van der Waals surface area contributed by atoms with Gasteiger partial charge in [0.15, 0.2) is 5.82 Å². The van der Waals surface area contributed by atoms with Gasteiger partial charge >= 0.3 is 0 Å². The molecule has 3 heterocycles. The summed E-state index contributed by atoms with van der Waals surface area (Å²) in [6.07, 6.45) is 5.20. The molecule has 0 saturated heterocycles. The van der Waals surface area contributed by atoms with Crippen LogP contribution < -0.4 is 0 Å². The van der Waals surface area contributed by atoms with Gasteiger partial charge in [0, 0.05) is 18.0 Å². The van der Waals surface area contributed by atoms with E-state index >= 15 is 0 Å². The Morgan fingerprint density at radius 1 is 1.31 bits per heavy atom. The number of aryl methyl sites for hydroxylation is 1. The molecule has 3 aromatic heterocycles. The maximum absolute atomic E-state index is 4.27. The zero-order valence-electron chi connectivity index (χ0n) is 8.37. The van der Waals surface area contributed by atoms with E-state index in [0.717, 1.165) is 15.1 Å². The van der Waals surface area contributed by atoms with Crippen LogP contribution in [0.15, 0.2) is 24.8 Å². The van der Waals surface area contributed by atoms with Crippen LogP contribution in [0.25, 0.3) is 11.6 Å². The third kappa shape index (κ3) is 1.47. The van der Waals surface area contributed by atoms with Crippen molar-refractivity contribution in [2.45, 2.75) is 6.92 Å². The second-order valence-corrected chi connectivity index (χ2v) is 4.58. The monoisotopic (exact) mass is 326 g/mol. The number of fused-ring (bicyclic) bond motifs is 1. The van der Waals surface area contributed by atoms with Gasteiger partial charge in [-0.25, -0.2) is 9.67 Å². The molecule has 0 radical (unpaired) electrons. The maximum atomic E-state index is 4.27. The molecule has 0 aliphatic carbocycles. The van der Waals surface area contributed by atoms with Crippen LogP contribution in [0, 0.1) is 10.5 Å². The molecule has 3 aromatic rings. The Hall–Kier alpha value is -1.51. The summed E-state index contributed by atoms with van der Waals surface area (Å²) in [5.41, 5.74) is 0.890. The van der Waals surface area contributed by atoms with Gasteiger partial charge in [0.05, 0.1) is 9.77 Å². The Kier molecular flexibility index (Phi) is 2.13. The molecule has 6 nitrogen and oxygen atoms in total. The van der Waals surface area contributed by atoms with Crippen LogP contribution in [0.1, 0.15) is 5.69 Å². The van der Waals surface area contributed by atoms with Crippen molar-refractivity contribution in [3.05, 3.63) is 34.1 Å². The Balaban J connectivity index is 2.33. The third-order valence-corrected chi connectivity index (χ3v) is 2.70. The number of hydrogen-bond donors (Lipinski definition) is 0. The van der Waals surface area contributed by atoms with Crippen LogP contribution in [0.4, 0.5) is 0 Å². The highest BCUT2D eigenvalue weighted by molar-refractivity contribution is 14.1. The standard InChI is InChI=1S/C9H7IN6/c1-6-2-8(15-4-7(10)3-12-15)16-9(14-6)11-5-13-16/h2-5H,1H3. The van der Waals surface area contributed by atoms with E-state index in [0.29, 0.717) is 5.78 Å². The van der Waals surface area contributed by atoms with E-state index in [1.54, 1.807) is 15.4 Å². The first-order chi connectivity index (χ1) is 7.74. The fraction of sp³-hybridized carbons (Fsp3) is 0.111. The average molecular weight is 326 g/mol. The van der Waals surface area contributed by atoms with Crippen molar-refractivity contribution < 1.29 is 0 Å². The summed E-state index contributed by atoms with van der Waals surface area (Å²) in [6, 6.07) is 1.92. The van der Waals surface area contributed by atoms with E-state index < -0.39 is 0 Å². The SMILES string of the molecule is Cc1cc(-n2cc(I)cn2)n2ncnc2n1. The molecule has 0 fully saturated rings. The highest BCUT2D eigenvalue weighted by Gasteiger charge is 2.08. The van der Waals surface area contributed by atoms with Gasteiger partial charge in [0.25, 0.3) is 5.78 Å². The summed E-state index contributed by atoms with van der Waals surface area (Å²) in [5, 5.41) is 8.37. The fourth-order valence-electron chi connectivity index (χ4n) is 1.50. The van der Waals surface area contributed by atoms with E-state index in [1.807, 2.05) is 19.2 Å². The lowest BCUT2D eigenvalue weighted by molar-refractivity contribution is 0.777. The van der Waals surface area contributed by atoms with Gasteiger partial charge in [0.1, 0.15) is 6.33 Å². The summed E-state index contributed by atoms with van der Waals surface area (Å²) < 4.78 is 4.49. The minimum absolute atomic E-state index is 0.584. The molecule has 0 aliphatic heterocycles. The molecule has 80 valence electrons. The van der Waals surface area contributed by atoms with Crippen LogP contribution in [-0.2, 0) is 0 Å². The van der Waals surface area contributed by atoms with Gasteiger partial charge in [-0.05, 0) is 29.5 Å². The van der Waals surface area contributed by atoms with E-state index in [-0.39, 0.29) is 0 Å². The molecule has 16 heavy (non-hydrogen) atoms. The van der Waals surface area contributed by atoms with E-state index in [1.165, 1.54) is 6.33 Å². The largest absolute Gasteiger partial charge is 0.254 e. The predicted octanol–water partition coefficient (Wildman–Crippen LogP) is 1.22. The van der Waals surface area contributed by atoms with Crippen molar-refractivity contribution in [2.24, 2.45) is 0 Å². The summed E-state index contributed by atoms with van der Waals surface area (Å²) >= 11 is 2.21. The van der Waals surface area contributed by atoms with Crippen molar-refractivity contribution in [1.29, 1.82) is 0 Å². The summed E-state index contributed by atoms with van der Waals surface area (Å²) in [7, 11) is 0. The summed E-state index contributed by atoms with van der Waals surface area (Å²) in [4.78, 5) is 8.35. The van der Waals surface area contributed by atoms with Crippen molar-refractivity contribution >= 4 is 28.4 Å². The highest BCUT2D eigenvalue weighted by atomic mass is 127. The summed E-state index contributed by atoms with van der Waals surface area (Å²) in [5.74, 6) is 1.42. The minimum Gasteiger partial charge on any atom is -0.221 e. The first-order valence-electron chi connectivity index (χ1n) is 4.62. The molecular formula is C9H7IN6. The van der Waals surface area contributed by atoms with Crippen molar-refractivity contribution in [2.75, 3.05) is 0 Å².